The van der Waals surface area contributed by atoms with Crippen molar-refractivity contribution in [3.05, 3.63) is 65.7 Å². The van der Waals surface area contributed by atoms with E-state index >= 15 is 0 Å². The van der Waals surface area contributed by atoms with Crippen LogP contribution in [0.15, 0.2) is 54.6 Å². The van der Waals surface area contributed by atoms with Gasteiger partial charge in [-0.2, -0.15) is 0 Å². The minimum Gasteiger partial charge on any atom is -0.388 e. The summed E-state index contributed by atoms with van der Waals surface area (Å²) in [4.78, 5) is 28.2. The van der Waals surface area contributed by atoms with Gasteiger partial charge in [0, 0.05) is 50.2 Å². The molecule has 6 nitrogen and oxygen atoms in total. The van der Waals surface area contributed by atoms with Crippen LogP contribution in [0.4, 0.5) is 11.4 Å². The predicted molar refractivity (Wildman–Crippen MR) is 112 cm³/mol. The number of aliphatic hydroxyl groups excluding tert-OH is 1. The molecule has 0 saturated carbocycles. The summed E-state index contributed by atoms with van der Waals surface area (Å²) in [7, 11) is 1.85. The lowest BCUT2D eigenvalue weighted by molar-refractivity contribution is -0.117. The van der Waals surface area contributed by atoms with Crippen LogP contribution < -0.4 is 10.2 Å². The topological polar surface area (TPSA) is 72.9 Å². The van der Waals surface area contributed by atoms with Gasteiger partial charge in [0.25, 0.3) is 5.91 Å². The van der Waals surface area contributed by atoms with Crippen LogP contribution in [0, 0.1) is 0 Å². The Kier molecular flexibility index (Phi) is 6.45. The first-order valence-corrected chi connectivity index (χ1v) is 9.35. The molecule has 2 aromatic carbocycles. The van der Waals surface area contributed by atoms with Crippen LogP contribution in [0.1, 0.15) is 15.9 Å². The summed E-state index contributed by atoms with van der Waals surface area (Å²) in [5.74, 6) is -0.279. The van der Waals surface area contributed by atoms with Crippen molar-refractivity contribution in [3.63, 3.8) is 0 Å². The van der Waals surface area contributed by atoms with Gasteiger partial charge in [-0.05, 0) is 48.0 Å². The quantitative estimate of drug-likeness (QED) is 0.754. The minimum absolute atomic E-state index is 0.0454. The van der Waals surface area contributed by atoms with Gasteiger partial charge in [0.15, 0.2) is 5.78 Å². The van der Waals surface area contributed by atoms with E-state index in [1.165, 1.54) is 6.08 Å². The fourth-order valence-electron chi connectivity index (χ4n) is 3.26. The summed E-state index contributed by atoms with van der Waals surface area (Å²) in [6.45, 7) is 2.23. The van der Waals surface area contributed by atoms with Gasteiger partial charge in [-0.3, -0.25) is 9.59 Å². The molecular weight excluding hydrogens is 354 g/mol. The van der Waals surface area contributed by atoms with Gasteiger partial charge in [-0.1, -0.05) is 18.2 Å². The maximum Gasteiger partial charge on any atom is 0.253 e. The van der Waals surface area contributed by atoms with Crippen LogP contribution in [0.5, 0.6) is 0 Å². The summed E-state index contributed by atoms with van der Waals surface area (Å²) in [6, 6.07) is 15.3. The van der Waals surface area contributed by atoms with E-state index in [4.69, 9.17) is 5.11 Å². The normalized spacial score (nSPS) is 14.4. The van der Waals surface area contributed by atoms with Crippen LogP contribution in [-0.2, 0) is 4.79 Å². The number of amides is 1. The number of nitrogens with one attached hydrogen (secondary N) is 1. The molecule has 0 atom stereocenters. The molecule has 0 spiro atoms. The zero-order chi connectivity index (χ0) is 19.9. The Morgan fingerprint density at radius 2 is 1.71 bits per heavy atom. The molecule has 0 aliphatic carbocycles. The van der Waals surface area contributed by atoms with Crippen molar-refractivity contribution in [2.75, 3.05) is 50.1 Å². The first-order chi connectivity index (χ1) is 13.6. The van der Waals surface area contributed by atoms with Crippen LogP contribution in [0.3, 0.4) is 0 Å². The van der Waals surface area contributed by atoms with Gasteiger partial charge in [-0.25, -0.2) is 0 Å². The van der Waals surface area contributed by atoms with Gasteiger partial charge >= 0.3 is 0 Å². The van der Waals surface area contributed by atoms with Gasteiger partial charge in [0.2, 0.25) is 0 Å². The lowest BCUT2D eigenvalue weighted by Crippen LogP contribution is -2.49. The summed E-state index contributed by atoms with van der Waals surface area (Å²) in [5.41, 5.74) is 3.62. The molecule has 0 unspecified atom stereocenters. The number of para-hydroxylation sites is 1. The Balaban J connectivity index is 1.66. The molecule has 146 valence electrons. The first-order valence-electron chi connectivity index (χ1n) is 9.35. The zero-order valence-electron chi connectivity index (χ0n) is 16.0. The number of benzene rings is 2. The van der Waals surface area contributed by atoms with Crippen LogP contribution in [0.25, 0.3) is 6.08 Å². The second kappa shape index (κ2) is 9.19. The average Bonchev–Trinajstić information content (AvgIpc) is 2.77. The molecule has 28 heavy (non-hydrogen) atoms. The summed E-state index contributed by atoms with van der Waals surface area (Å²) >= 11 is 0. The molecule has 0 aromatic heterocycles. The van der Waals surface area contributed by atoms with Crippen molar-refractivity contribution < 1.29 is 14.7 Å². The Morgan fingerprint density at radius 3 is 2.36 bits per heavy atom. The van der Waals surface area contributed by atoms with E-state index < -0.39 is 6.61 Å². The number of carbonyl (C=O) groups is 2. The Morgan fingerprint density at radius 1 is 1.04 bits per heavy atom. The molecule has 1 saturated heterocycles. The van der Waals surface area contributed by atoms with Gasteiger partial charge in [-0.15, -0.1) is 0 Å². The van der Waals surface area contributed by atoms with E-state index in [0.29, 0.717) is 18.7 Å². The Labute approximate surface area is 165 Å². The molecule has 1 fully saturated rings. The minimum atomic E-state index is -0.491. The molecule has 2 N–H and O–H groups in total. The lowest BCUT2D eigenvalue weighted by atomic mass is 10.1. The molecule has 1 aliphatic heterocycles. The summed E-state index contributed by atoms with van der Waals surface area (Å²) in [6.07, 6.45) is 3.13. The average molecular weight is 379 g/mol. The van der Waals surface area contributed by atoms with Crippen LogP contribution in [-0.4, -0.2) is 61.5 Å². The predicted octanol–water partition coefficient (Wildman–Crippen LogP) is 2.27. The Bertz CT molecular complexity index is 854. The molecule has 1 amide bonds. The molecule has 1 heterocycles. The van der Waals surface area contributed by atoms with Gasteiger partial charge < -0.3 is 20.2 Å². The van der Waals surface area contributed by atoms with E-state index in [1.807, 2.05) is 60.5 Å². The molecule has 1 aliphatic rings. The fraction of sp³-hybridized carbons (Fsp3) is 0.273. The number of piperazine rings is 1. The molecule has 2 aromatic rings. The van der Waals surface area contributed by atoms with Crippen molar-refractivity contribution in [1.29, 1.82) is 0 Å². The number of nitrogens with zero attached hydrogens (tertiary/aromatic N) is 2. The SMILES string of the molecule is CNc1ccc(C(=O)N2CCN(c3ccccc3/C=C/C(=O)CO)CC2)cc1. The van der Waals surface area contributed by atoms with Gasteiger partial charge in [0.05, 0.1) is 0 Å². The monoisotopic (exact) mass is 379 g/mol. The highest BCUT2D eigenvalue weighted by Gasteiger charge is 2.23. The first kappa shape index (κ1) is 19.6. The second-order valence-electron chi connectivity index (χ2n) is 6.62. The zero-order valence-corrected chi connectivity index (χ0v) is 16.0. The number of aliphatic hydroxyl groups is 1. The van der Waals surface area contributed by atoms with E-state index in [2.05, 4.69) is 10.2 Å². The standard InChI is InChI=1S/C22H25N3O3/c1-23-19-9-6-18(7-10-19)22(28)25-14-12-24(13-15-25)21-5-3-2-4-17(21)8-11-20(27)16-26/h2-11,23,26H,12-16H2,1H3/b11-8+. The van der Waals surface area contributed by atoms with Crippen molar-refractivity contribution in [1.82, 2.24) is 4.90 Å². The fourth-order valence-corrected chi connectivity index (χ4v) is 3.26. The number of rotatable bonds is 6. The van der Waals surface area contributed by atoms with Crippen LogP contribution in [0.2, 0.25) is 0 Å². The number of carbonyl (C=O) groups excluding carboxylic acids is 2. The highest BCUT2D eigenvalue weighted by atomic mass is 16.3. The van der Waals surface area contributed by atoms with E-state index in [1.54, 1.807) is 6.08 Å². The van der Waals surface area contributed by atoms with Crippen molar-refractivity contribution >= 4 is 29.1 Å². The lowest BCUT2D eigenvalue weighted by Gasteiger charge is -2.37. The number of anilines is 2. The third kappa shape index (κ3) is 4.58. The highest BCUT2D eigenvalue weighted by molar-refractivity contribution is 5.95. The van der Waals surface area contributed by atoms with Crippen molar-refractivity contribution in [2.45, 2.75) is 0 Å². The molecular formula is C22H25N3O3. The number of hydrogen-bond donors (Lipinski definition) is 2. The van der Waals surface area contributed by atoms with Gasteiger partial charge in [0.1, 0.15) is 6.61 Å². The molecule has 0 radical (unpaired) electrons. The maximum absolute atomic E-state index is 12.7. The van der Waals surface area contributed by atoms with Crippen molar-refractivity contribution in [3.8, 4) is 0 Å². The maximum atomic E-state index is 12.7. The van der Waals surface area contributed by atoms with E-state index in [0.717, 1.165) is 30.0 Å². The largest absolute Gasteiger partial charge is 0.388 e. The third-order valence-electron chi connectivity index (χ3n) is 4.87. The van der Waals surface area contributed by atoms with E-state index in [-0.39, 0.29) is 11.7 Å². The summed E-state index contributed by atoms with van der Waals surface area (Å²) in [5, 5.41) is 11.9. The third-order valence-corrected chi connectivity index (χ3v) is 4.87. The second-order valence-corrected chi connectivity index (χ2v) is 6.62. The number of hydrogen-bond acceptors (Lipinski definition) is 5. The van der Waals surface area contributed by atoms with Crippen molar-refractivity contribution in [2.24, 2.45) is 0 Å². The summed E-state index contributed by atoms with van der Waals surface area (Å²) < 4.78 is 0. The smallest absolute Gasteiger partial charge is 0.253 e. The highest BCUT2D eigenvalue weighted by Crippen LogP contribution is 2.23. The number of ketones is 1. The molecule has 0 bridgehead atoms. The van der Waals surface area contributed by atoms with E-state index in [9.17, 15) is 9.59 Å². The Hall–Kier alpha value is -3.12. The van der Waals surface area contributed by atoms with Crippen LogP contribution >= 0.6 is 0 Å². The molecule has 3 rings (SSSR count). The molecule has 6 heteroatoms.